The highest BCUT2D eigenvalue weighted by atomic mass is 19.1. The fourth-order valence-electron chi connectivity index (χ4n) is 6.39. The molecule has 3 rings (SSSR count). The van der Waals surface area contributed by atoms with Crippen molar-refractivity contribution in [1.82, 2.24) is 0 Å². The molecule has 0 spiro atoms. The van der Waals surface area contributed by atoms with Crippen LogP contribution in [0, 0.1) is 40.7 Å². The third-order valence-corrected chi connectivity index (χ3v) is 8.66. The molecule has 0 heterocycles. The van der Waals surface area contributed by atoms with Crippen molar-refractivity contribution in [3.63, 3.8) is 0 Å². The van der Waals surface area contributed by atoms with Gasteiger partial charge in [0.15, 0.2) is 0 Å². The minimum Gasteiger partial charge on any atom is -0.205 e. The highest BCUT2D eigenvalue weighted by molar-refractivity contribution is 5.36. The van der Waals surface area contributed by atoms with Crippen LogP contribution in [-0.2, 0) is 0 Å². The summed E-state index contributed by atoms with van der Waals surface area (Å²) in [6, 6.07) is 4.40. The molecule has 0 unspecified atom stereocenters. The Bertz CT molecular complexity index is 713. The zero-order chi connectivity index (χ0) is 23.5. The summed E-state index contributed by atoms with van der Waals surface area (Å²) in [5, 5.41) is 8.87. The number of hydrogen-bond acceptors (Lipinski definition) is 1. The van der Waals surface area contributed by atoms with Gasteiger partial charge in [-0.2, -0.15) is 5.26 Å². The molecular formula is C30H45F2N. The molecule has 1 aromatic rings. The first kappa shape index (κ1) is 26.2. The Balaban J connectivity index is 1.27. The van der Waals surface area contributed by atoms with Crippen LogP contribution in [0.1, 0.15) is 140 Å². The van der Waals surface area contributed by atoms with Gasteiger partial charge in [0.25, 0.3) is 0 Å². The van der Waals surface area contributed by atoms with Gasteiger partial charge in [0, 0.05) is 0 Å². The summed E-state index contributed by atoms with van der Waals surface area (Å²) in [6.07, 6.45) is 24.2. The van der Waals surface area contributed by atoms with E-state index in [-0.39, 0.29) is 5.92 Å². The summed E-state index contributed by atoms with van der Waals surface area (Å²) < 4.78 is 28.0. The molecule has 0 atom stereocenters. The normalized spacial score (nSPS) is 25.6. The Morgan fingerprint density at radius 1 is 0.697 bits per heavy atom. The lowest BCUT2D eigenvalue weighted by Crippen LogP contribution is -2.18. The maximum Gasteiger partial charge on any atom is 0.144 e. The average Bonchev–Trinajstić information content (AvgIpc) is 2.83. The molecule has 2 fully saturated rings. The molecule has 0 bridgehead atoms. The molecule has 0 N–H and O–H groups in total. The molecule has 2 aliphatic carbocycles. The zero-order valence-electron chi connectivity index (χ0n) is 20.9. The van der Waals surface area contributed by atoms with E-state index in [1.54, 1.807) is 6.07 Å². The molecular weight excluding hydrogens is 412 g/mol. The molecule has 2 aliphatic rings. The number of nitriles is 1. The fourth-order valence-corrected chi connectivity index (χ4v) is 6.39. The number of nitrogens with zero attached hydrogens (tertiary/aromatic N) is 1. The van der Waals surface area contributed by atoms with Gasteiger partial charge in [-0.3, -0.25) is 0 Å². The second-order valence-corrected chi connectivity index (χ2v) is 11.1. The molecule has 3 heteroatoms. The average molecular weight is 458 g/mol. The van der Waals surface area contributed by atoms with Gasteiger partial charge in [0.05, 0.1) is 0 Å². The molecule has 0 aromatic heterocycles. The van der Waals surface area contributed by atoms with Gasteiger partial charge in [0.2, 0.25) is 0 Å². The zero-order valence-corrected chi connectivity index (χ0v) is 20.9. The van der Waals surface area contributed by atoms with Crippen LogP contribution in [0.15, 0.2) is 12.1 Å². The third-order valence-electron chi connectivity index (χ3n) is 8.66. The van der Waals surface area contributed by atoms with Crippen molar-refractivity contribution in [3.05, 3.63) is 34.9 Å². The van der Waals surface area contributed by atoms with Gasteiger partial charge in [0.1, 0.15) is 23.3 Å². The standard InChI is InChI=1S/C30H45F2N/c1-2-3-4-5-6-7-8-9-23-10-12-24(13-11-23)14-15-25-16-18-26(19-17-25)27-20-29(31)28(22-33)30(32)21-27/h20-21,23-26H,2-19H2,1H3/t23-,24-,25?,26?. The van der Waals surface area contributed by atoms with Crippen molar-refractivity contribution < 1.29 is 8.78 Å². The molecule has 0 saturated heterocycles. The van der Waals surface area contributed by atoms with Gasteiger partial charge in [-0.15, -0.1) is 0 Å². The Morgan fingerprint density at radius 3 is 1.67 bits per heavy atom. The summed E-state index contributed by atoms with van der Waals surface area (Å²) in [4.78, 5) is 0. The molecule has 184 valence electrons. The van der Waals surface area contributed by atoms with E-state index in [1.807, 2.05) is 0 Å². The first-order valence-corrected chi connectivity index (χ1v) is 14.0. The third kappa shape index (κ3) is 8.38. The Kier molecular flexibility index (Phi) is 11.2. The Labute approximate surface area is 201 Å². The summed E-state index contributed by atoms with van der Waals surface area (Å²) >= 11 is 0. The molecule has 1 nitrogen and oxygen atoms in total. The summed E-state index contributed by atoms with van der Waals surface area (Å²) in [7, 11) is 0. The van der Waals surface area contributed by atoms with E-state index < -0.39 is 17.2 Å². The van der Waals surface area contributed by atoms with E-state index in [4.69, 9.17) is 5.26 Å². The molecule has 1 aromatic carbocycles. The van der Waals surface area contributed by atoms with Crippen LogP contribution < -0.4 is 0 Å². The highest BCUT2D eigenvalue weighted by Gasteiger charge is 2.26. The highest BCUT2D eigenvalue weighted by Crippen LogP contribution is 2.40. The lowest BCUT2D eigenvalue weighted by Gasteiger charge is -2.32. The topological polar surface area (TPSA) is 23.8 Å². The van der Waals surface area contributed by atoms with Crippen molar-refractivity contribution in [2.45, 2.75) is 128 Å². The van der Waals surface area contributed by atoms with Crippen LogP contribution in [0.2, 0.25) is 0 Å². The number of benzene rings is 1. The van der Waals surface area contributed by atoms with E-state index in [0.717, 1.165) is 36.2 Å². The number of rotatable bonds is 12. The number of hydrogen-bond donors (Lipinski definition) is 0. The SMILES string of the molecule is CCCCCCCCC[C@H]1CC[C@H](CCC2CCC(c3cc(F)c(C#N)c(F)c3)CC2)CC1. The smallest absolute Gasteiger partial charge is 0.144 e. The first-order valence-electron chi connectivity index (χ1n) is 14.0. The van der Waals surface area contributed by atoms with E-state index in [0.29, 0.717) is 0 Å². The van der Waals surface area contributed by atoms with Gasteiger partial charge in [-0.05, 0) is 67.1 Å². The minimum absolute atomic E-state index is 0.236. The van der Waals surface area contributed by atoms with E-state index in [9.17, 15) is 8.78 Å². The summed E-state index contributed by atoms with van der Waals surface area (Å²) in [6.45, 7) is 2.28. The monoisotopic (exact) mass is 457 g/mol. The van der Waals surface area contributed by atoms with Crippen LogP contribution in [0.5, 0.6) is 0 Å². The molecule has 33 heavy (non-hydrogen) atoms. The van der Waals surface area contributed by atoms with Crippen molar-refractivity contribution >= 4 is 0 Å². The quantitative estimate of drug-likeness (QED) is 0.286. The molecule has 0 aliphatic heterocycles. The second kappa shape index (κ2) is 14.1. The van der Waals surface area contributed by atoms with Crippen LogP contribution >= 0.6 is 0 Å². The van der Waals surface area contributed by atoms with Gasteiger partial charge >= 0.3 is 0 Å². The van der Waals surface area contributed by atoms with Gasteiger partial charge in [-0.25, -0.2) is 8.78 Å². The number of halogens is 2. The van der Waals surface area contributed by atoms with Gasteiger partial charge < -0.3 is 0 Å². The Morgan fingerprint density at radius 2 is 1.15 bits per heavy atom. The molecule has 0 amide bonds. The maximum atomic E-state index is 14.0. The predicted molar refractivity (Wildman–Crippen MR) is 133 cm³/mol. The molecule has 2 saturated carbocycles. The molecule has 0 radical (unpaired) electrons. The van der Waals surface area contributed by atoms with E-state index in [1.165, 1.54) is 115 Å². The van der Waals surface area contributed by atoms with Crippen LogP contribution in [0.3, 0.4) is 0 Å². The van der Waals surface area contributed by atoms with Gasteiger partial charge in [-0.1, -0.05) is 96.8 Å². The van der Waals surface area contributed by atoms with Crippen LogP contribution in [0.4, 0.5) is 8.78 Å². The van der Waals surface area contributed by atoms with Crippen molar-refractivity contribution in [3.8, 4) is 6.07 Å². The van der Waals surface area contributed by atoms with Crippen LogP contribution in [0.25, 0.3) is 0 Å². The second-order valence-electron chi connectivity index (χ2n) is 11.1. The lowest BCUT2D eigenvalue weighted by atomic mass is 9.74. The fraction of sp³-hybridized carbons (Fsp3) is 0.767. The largest absolute Gasteiger partial charge is 0.205 e. The van der Waals surface area contributed by atoms with Crippen molar-refractivity contribution in [2.24, 2.45) is 17.8 Å². The van der Waals surface area contributed by atoms with E-state index in [2.05, 4.69) is 6.92 Å². The lowest BCUT2D eigenvalue weighted by molar-refractivity contribution is 0.222. The van der Waals surface area contributed by atoms with Crippen LogP contribution in [-0.4, -0.2) is 0 Å². The maximum absolute atomic E-state index is 14.0. The first-order chi connectivity index (χ1) is 16.1. The minimum atomic E-state index is -0.711. The summed E-state index contributed by atoms with van der Waals surface area (Å²) in [5.41, 5.74) is 0.284. The Hall–Kier alpha value is -1.43. The van der Waals surface area contributed by atoms with Crippen molar-refractivity contribution in [1.29, 1.82) is 5.26 Å². The predicted octanol–water partition coefficient (Wildman–Crippen LogP) is 9.84. The van der Waals surface area contributed by atoms with E-state index >= 15 is 0 Å². The summed E-state index contributed by atoms with van der Waals surface area (Å²) in [5.74, 6) is 1.50. The van der Waals surface area contributed by atoms with Crippen molar-refractivity contribution in [2.75, 3.05) is 0 Å². The number of unbranched alkanes of at least 4 members (excludes halogenated alkanes) is 6.